The van der Waals surface area contributed by atoms with Crippen LogP contribution in [0.5, 0.6) is 0 Å². The van der Waals surface area contributed by atoms with Crippen molar-refractivity contribution in [3.8, 4) is 6.07 Å². The van der Waals surface area contributed by atoms with Crippen LogP contribution >= 0.6 is 11.8 Å². The normalized spacial score (nSPS) is 18.4. The molecular weight excluding hydrogens is 308 g/mol. The molecule has 0 spiro atoms. The Hall–Kier alpha value is -1.51. The van der Waals surface area contributed by atoms with Gasteiger partial charge in [-0.25, -0.2) is 0 Å². The minimum Gasteiger partial charge on any atom is -0.388 e. The Kier molecular flexibility index (Phi) is 6.94. The third-order valence-corrected chi connectivity index (χ3v) is 5.26. The Bertz CT molecular complexity index is 534. The summed E-state index contributed by atoms with van der Waals surface area (Å²) in [5.74, 6) is 0.628. The molecule has 1 fully saturated rings. The molecule has 2 rings (SSSR count). The van der Waals surface area contributed by atoms with Crippen LogP contribution in [0.3, 0.4) is 0 Å². The Labute approximate surface area is 142 Å². The van der Waals surface area contributed by atoms with Crippen molar-refractivity contribution < 1.29 is 9.90 Å². The molecule has 2 N–H and O–H groups in total. The number of amides is 1. The van der Waals surface area contributed by atoms with Gasteiger partial charge >= 0.3 is 0 Å². The quantitative estimate of drug-likeness (QED) is 0.785. The van der Waals surface area contributed by atoms with Crippen LogP contribution in [0, 0.1) is 11.3 Å². The predicted octanol–water partition coefficient (Wildman–Crippen LogP) is 3.19. The van der Waals surface area contributed by atoms with E-state index in [1.165, 1.54) is 11.8 Å². The van der Waals surface area contributed by atoms with Crippen LogP contribution in [0.4, 0.5) is 0 Å². The Morgan fingerprint density at radius 2 is 1.91 bits per heavy atom. The van der Waals surface area contributed by atoms with Crippen molar-refractivity contribution in [3.05, 3.63) is 35.9 Å². The molecule has 0 unspecified atom stereocenters. The van der Waals surface area contributed by atoms with E-state index in [4.69, 9.17) is 0 Å². The van der Waals surface area contributed by atoms with Gasteiger partial charge in [0.1, 0.15) is 5.54 Å². The molecule has 1 aliphatic carbocycles. The number of benzene rings is 1. The van der Waals surface area contributed by atoms with Crippen LogP contribution in [-0.4, -0.2) is 28.1 Å². The highest BCUT2D eigenvalue weighted by atomic mass is 32.2. The van der Waals surface area contributed by atoms with Crippen molar-refractivity contribution >= 4 is 17.7 Å². The molecule has 1 atom stereocenters. The second kappa shape index (κ2) is 8.95. The summed E-state index contributed by atoms with van der Waals surface area (Å²) in [5.41, 5.74) is 0.171. The summed E-state index contributed by atoms with van der Waals surface area (Å²) >= 11 is 1.40. The lowest BCUT2D eigenvalue weighted by Crippen LogP contribution is -2.47. The van der Waals surface area contributed by atoms with Crippen molar-refractivity contribution in [2.24, 2.45) is 0 Å². The zero-order valence-corrected chi connectivity index (χ0v) is 14.1. The summed E-state index contributed by atoms with van der Waals surface area (Å²) in [6, 6.07) is 11.8. The third-order valence-electron chi connectivity index (χ3n) is 4.24. The summed E-state index contributed by atoms with van der Waals surface area (Å²) in [6.07, 6.45) is 5.17. The van der Waals surface area contributed by atoms with Crippen LogP contribution in [0.1, 0.15) is 50.2 Å². The van der Waals surface area contributed by atoms with Gasteiger partial charge in [-0.1, -0.05) is 56.0 Å². The van der Waals surface area contributed by atoms with Crippen molar-refractivity contribution in [1.29, 1.82) is 5.26 Å². The van der Waals surface area contributed by atoms with Gasteiger partial charge in [0.25, 0.3) is 0 Å². The van der Waals surface area contributed by atoms with Crippen LogP contribution in [0.2, 0.25) is 0 Å². The lowest BCUT2D eigenvalue weighted by molar-refractivity contribution is -0.120. The minimum absolute atomic E-state index is 0.112. The van der Waals surface area contributed by atoms with E-state index in [-0.39, 0.29) is 11.7 Å². The number of carbonyl (C=O) groups is 1. The summed E-state index contributed by atoms with van der Waals surface area (Å²) in [4.78, 5) is 12.1. The van der Waals surface area contributed by atoms with E-state index in [9.17, 15) is 15.2 Å². The molecule has 4 nitrogen and oxygen atoms in total. The second-order valence-electron chi connectivity index (χ2n) is 6.10. The highest BCUT2D eigenvalue weighted by molar-refractivity contribution is 7.99. The highest BCUT2D eigenvalue weighted by Crippen LogP contribution is 2.27. The van der Waals surface area contributed by atoms with Gasteiger partial charge in [-0.3, -0.25) is 4.79 Å². The maximum atomic E-state index is 12.1. The van der Waals surface area contributed by atoms with E-state index in [1.807, 2.05) is 30.3 Å². The maximum absolute atomic E-state index is 12.1. The first-order chi connectivity index (χ1) is 11.2. The lowest BCUT2D eigenvalue weighted by Gasteiger charge is -2.26. The molecule has 0 heterocycles. The standard InChI is InChI=1S/C18H24N2O2S/c19-14-18(10-6-1-2-7-11-18)20-17(22)13-23-12-16(21)15-8-4-3-5-9-15/h3-5,8-9,16,21H,1-2,6-7,10-13H2,(H,20,22)/t16-/m1/s1. The van der Waals surface area contributed by atoms with Crippen molar-refractivity contribution in [1.82, 2.24) is 5.32 Å². The van der Waals surface area contributed by atoms with Crippen LogP contribution in [0.15, 0.2) is 30.3 Å². The molecule has 0 aliphatic heterocycles. The summed E-state index contributed by atoms with van der Waals surface area (Å²) in [7, 11) is 0. The lowest BCUT2D eigenvalue weighted by atomic mass is 9.92. The molecule has 1 aromatic rings. The number of hydrogen-bond donors (Lipinski definition) is 2. The molecule has 1 aliphatic rings. The average Bonchev–Trinajstić information content (AvgIpc) is 2.81. The zero-order chi connectivity index (χ0) is 16.5. The fourth-order valence-electron chi connectivity index (χ4n) is 2.93. The number of nitrogens with zero attached hydrogens (tertiary/aromatic N) is 1. The highest BCUT2D eigenvalue weighted by Gasteiger charge is 2.32. The molecule has 5 heteroatoms. The molecule has 1 saturated carbocycles. The zero-order valence-electron chi connectivity index (χ0n) is 13.3. The summed E-state index contributed by atoms with van der Waals surface area (Å²) in [6.45, 7) is 0. The number of carbonyl (C=O) groups excluding carboxylic acids is 1. The van der Waals surface area contributed by atoms with Gasteiger partial charge in [-0.2, -0.15) is 5.26 Å². The van der Waals surface area contributed by atoms with Gasteiger partial charge in [-0.15, -0.1) is 11.8 Å². The Balaban J connectivity index is 1.77. The second-order valence-corrected chi connectivity index (χ2v) is 7.13. The minimum atomic E-state index is -0.688. The third kappa shape index (κ3) is 5.56. The van der Waals surface area contributed by atoms with Gasteiger partial charge in [0.05, 0.1) is 17.9 Å². The number of hydrogen-bond acceptors (Lipinski definition) is 4. The Morgan fingerprint density at radius 3 is 2.52 bits per heavy atom. The molecular formula is C18H24N2O2S. The molecule has 1 aromatic carbocycles. The number of nitrogens with one attached hydrogen (secondary N) is 1. The molecule has 1 amide bonds. The molecule has 0 radical (unpaired) electrons. The molecule has 0 aromatic heterocycles. The van der Waals surface area contributed by atoms with E-state index in [2.05, 4.69) is 11.4 Å². The first-order valence-electron chi connectivity index (χ1n) is 8.18. The van der Waals surface area contributed by atoms with Crippen LogP contribution < -0.4 is 5.32 Å². The van der Waals surface area contributed by atoms with E-state index in [0.717, 1.165) is 44.1 Å². The van der Waals surface area contributed by atoms with Gasteiger partial charge in [0, 0.05) is 5.75 Å². The Morgan fingerprint density at radius 1 is 1.26 bits per heavy atom. The van der Waals surface area contributed by atoms with Gasteiger partial charge < -0.3 is 10.4 Å². The summed E-state index contributed by atoms with van der Waals surface area (Å²) < 4.78 is 0. The SMILES string of the molecule is N#CC1(NC(=O)CSC[C@@H](O)c2ccccc2)CCCCCC1. The van der Waals surface area contributed by atoms with Crippen LogP contribution in [0.25, 0.3) is 0 Å². The van der Waals surface area contributed by atoms with Crippen molar-refractivity contribution in [3.63, 3.8) is 0 Å². The fraction of sp³-hybridized carbons (Fsp3) is 0.556. The monoisotopic (exact) mass is 332 g/mol. The molecule has 124 valence electrons. The smallest absolute Gasteiger partial charge is 0.231 e. The number of aliphatic hydroxyl groups is 1. The van der Waals surface area contributed by atoms with Gasteiger partial charge in [0.2, 0.25) is 5.91 Å². The first-order valence-corrected chi connectivity index (χ1v) is 9.34. The van der Waals surface area contributed by atoms with Crippen molar-refractivity contribution in [2.75, 3.05) is 11.5 Å². The predicted molar refractivity (Wildman–Crippen MR) is 92.9 cm³/mol. The first kappa shape index (κ1) is 17.8. The van der Waals surface area contributed by atoms with Crippen LogP contribution in [-0.2, 0) is 4.79 Å². The topological polar surface area (TPSA) is 73.1 Å². The largest absolute Gasteiger partial charge is 0.388 e. The van der Waals surface area contributed by atoms with E-state index < -0.39 is 11.6 Å². The number of aliphatic hydroxyl groups excluding tert-OH is 1. The molecule has 0 saturated heterocycles. The fourth-order valence-corrected chi connectivity index (χ4v) is 3.73. The van der Waals surface area contributed by atoms with E-state index in [0.29, 0.717) is 5.75 Å². The number of rotatable bonds is 6. The number of thioether (sulfide) groups is 1. The van der Waals surface area contributed by atoms with E-state index in [1.54, 1.807) is 0 Å². The maximum Gasteiger partial charge on any atom is 0.231 e. The molecule has 0 bridgehead atoms. The molecule has 23 heavy (non-hydrogen) atoms. The van der Waals surface area contributed by atoms with E-state index >= 15 is 0 Å². The van der Waals surface area contributed by atoms with Crippen molar-refractivity contribution in [2.45, 2.75) is 50.2 Å². The van der Waals surface area contributed by atoms with Gasteiger partial charge in [0.15, 0.2) is 0 Å². The summed E-state index contributed by atoms with van der Waals surface area (Å²) in [5, 5.41) is 22.5. The van der Waals surface area contributed by atoms with Gasteiger partial charge in [-0.05, 0) is 18.4 Å². The average molecular weight is 332 g/mol. The number of nitriles is 1.